The smallest absolute Gasteiger partial charge is 0.241 e. The number of nitrogens with one attached hydrogen (secondary N) is 1. The SMILES string of the molecule is COc1ccc(S(=O)(=O)NC(Cc2ccccc2)C(=O)N2CCOCC2)cc1C. The number of amides is 1. The maximum absolute atomic E-state index is 13.1. The summed E-state index contributed by atoms with van der Waals surface area (Å²) in [7, 11) is -2.36. The molecule has 2 aromatic rings. The number of methoxy groups -OCH3 is 1. The fourth-order valence-electron chi connectivity index (χ4n) is 3.31. The van der Waals surface area contributed by atoms with Crippen LogP contribution in [-0.4, -0.2) is 58.7 Å². The molecule has 7 nitrogen and oxygen atoms in total. The van der Waals surface area contributed by atoms with Gasteiger partial charge in [-0.25, -0.2) is 8.42 Å². The molecule has 3 rings (SSSR count). The van der Waals surface area contributed by atoms with Gasteiger partial charge < -0.3 is 14.4 Å². The van der Waals surface area contributed by atoms with Crippen LogP contribution in [0.15, 0.2) is 53.4 Å². The highest BCUT2D eigenvalue weighted by atomic mass is 32.2. The third kappa shape index (κ3) is 5.35. The van der Waals surface area contributed by atoms with Gasteiger partial charge in [0.15, 0.2) is 0 Å². The monoisotopic (exact) mass is 418 g/mol. The van der Waals surface area contributed by atoms with E-state index >= 15 is 0 Å². The predicted molar refractivity (Wildman–Crippen MR) is 109 cm³/mol. The third-order valence-corrected chi connectivity index (χ3v) is 6.35. The molecule has 156 valence electrons. The zero-order valence-electron chi connectivity index (χ0n) is 16.6. The highest BCUT2D eigenvalue weighted by molar-refractivity contribution is 7.89. The summed E-state index contributed by atoms with van der Waals surface area (Å²) in [5, 5.41) is 0. The van der Waals surface area contributed by atoms with Gasteiger partial charge in [-0.2, -0.15) is 4.72 Å². The molecule has 1 N–H and O–H groups in total. The number of carbonyl (C=O) groups is 1. The molecule has 0 spiro atoms. The average Bonchev–Trinajstić information content (AvgIpc) is 2.74. The van der Waals surface area contributed by atoms with Crippen molar-refractivity contribution in [3.8, 4) is 5.75 Å². The maximum atomic E-state index is 13.1. The highest BCUT2D eigenvalue weighted by Gasteiger charge is 2.30. The van der Waals surface area contributed by atoms with Gasteiger partial charge in [0, 0.05) is 13.1 Å². The molecule has 2 aromatic carbocycles. The van der Waals surface area contributed by atoms with Gasteiger partial charge in [0.25, 0.3) is 0 Å². The highest BCUT2D eigenvalue weighted by Crippen LogP contribution is 2.22. The normalized spacial score (nSPS) is 15.7. The number of hydrogen-bond donors (Lipinski definition) is 1. The topological polar surface area (TPSA) is 84.9 Å². The largest absolute Gasteiger partial charge is 0.496 e. The molecule has 0 aromatic heterocycles. The van der Waals surface area contributed by atoms with Crippen LogP contribution in [0.5, 0.6) is 5.75 Å². The Kier molecular flexibility index (Phi) is 6.89. The number of carbonyl (C=O) groups excluding carboxylic acids is 1. The van der Waals surface area contributed by atoms with Crippen molar-refractivity contribution in [3.05, 3.63) is 59.7 Å². The van der Waals surface area contributed by atoms with Crippen LogP contribution in [0.4, 0.5) is 0 Å². The minimum atomic E-state index is -3.90. The van der Waals surface area contributed by atoms with E-state index in [2.05, 4.69) is 4.72 Å². The number of nitrogens with zero attached hydrogens (tertiary/aromatic N) is 1. The van der Waals surface area contributed by atoms with E-state index in [4.69, 9.17) is 9.47 Å². The van der Waals surface area contributed by atoms with Gasteiger partial charge in [-0.05, 0) is 42.7 Å². The first-order valence-corrected chi connectivity index (χ1v) is 11.0. The Morgan fingerprint density at radius 1 is 1.17 bits per heavy atom. The molecular weight excluding hydrogens is 392 g/mol. The molecule has 1 fully saturated rings. The van der Waals surface area contributed by atoms with Crippen molar-refractivity contribution in [2.24, 2.45) is 0 Å². The molecule has 1 aliphatic rings. The van der Waals surface area contributed by atoms with Gasteiger partial charge in [-0.1, -0.05) is 30.3 Å². The van der Waals surface area contributed by atoms with Crippen LogP contribution < -0.4 is 9.46 Å². The van der Waals surface area contributed by atoms with Crippen molar-refractivity contribution in [1.82, 2.24) is 9.62 Å². The van der Waals surface area contributed by atoms with Crippen molar-refractivity contribution in [3.63, 3.8) is 0 Å². The van der Waals surface area contributed by atoms with Gasteiger partial charge in [0.05, 0.1) is 25.2 Å². The third-order valence-electron chi connectivity index (χ3n) is 4.88. The first kappa shape index (κ1) is 21.3. The second-order valence-corrected chi connectivity index (χ2v) is 8.65. The summed E-state index contributed by atoms with van der Waals surface area (Å²) in [5.74, 6) is 0.361. The van der Waals surface area contributed by atoms with Gasteiger partial charge in [-0.15, -0.1) is 0 Å². The van der Waals surface area contributed by atoms with Gasteiger partial charge in [0.1, 0.15) is 11.8 Å². The lowest BCUT2D eigenvalue weighted by Crippen LogP contribution is -2.52. The van der Waals surface area contributed by atoms with E-state index in [0.717, 1.165) is 5.56 Å². The lowest BCUT2D eigenvalue weighted by Gasteiger charge is -2.30. The molecule has 29 heavy (non-hydrogen) atoms. The summed E-state index contributed by atoms with van der Waals surface area (Å²) in [6.45, 7) is 3.58. The Labute approximate surface area is 171 Å². The molecule has 0 bridgehead atoms. The number of hydrogen-bond acceptors (Lipinski definition) is 5. The van der Waals surface area contributed by atoms with Crippen molar-refractivity contribution < 1.29 is 22.7 Å². The molecule has 1 aliphatic heterocycles. The standard InChI is InChI=1S/C21H26N2O5S/c1-16-14-18(8-9-20(16)27-2)29(25,26)22-19(15-17-6-4-3-5-7-17)21(24)23-10-12-28-13-11-23/h3-9,14,19,22H,10-13,15H2,1-2H3. The summed E-state index contributed by atoms with van der Waals surface area (Å²) in [4.78, 5) is 14.9. The van der Waals surface area contributed by atoms with Crippen molar-refractivity contribution >= 4 is 15.9 Å². The van der Waals surface area contributed by atoms with Crippen LogP contribution in [0.1, 0.15) is 11.1 Å². The van der Waals surface area contributed by atoms with Crippen LogP contribution >= 0.6 is 0 Å². The van der Waals surface area contributed by atoms with Crippen LogP contribution in [0.3, 0.4) is 0 Å². The van der Waals surface area contributed by atoms with E-state index in [1.807, 2.05) is 30.3 Å². The number of rotatable bonds is 7. The van der Waals surface area contributed by atoms with E-state index in [1.165, 1.54) is 13.2 Å². The summed E-state index contributed by atoms with van der Waals surface area (Å²) in [6, 6.07) is 13.1. The molecule has 8 heteroatoms. The second-order valence-electron chi connectivity index (χ2n) is 6.93. The Hall–Kier alpha value is -2.42. The quantitative estimate of drug-likeness (QED) is 0.741. The fourth-order valence-corrected chi connectivity index (χ4v) is 4.58. The van der Waals surface area contributed by atoms with Crippen molar-refractivity contribution in [1.29, 1.82) is 0 Å². The van der Waals surface area contributed by atoms with Crippen molar-refractivity contribution in [2.75, 3.05) is 33.4 Å². The second kappa shape index (κ2) is 9.39. The fraction of sp³-hybridized carbons (Fsp3) is 0.381. The molecule has 1 atom stereocenters. The molecule has 0 radical (unpaired) electrons. The first-order chi connectivity index (χ1) is 13.9. The number of morpholine rings is 1. The molecule has 1 saturated heterocycles. The Morgan fingerprint density at radius 3 is 2.48 bits per heavy atom. The van der Waals surface area contributed by atoms with E-state index in [0.29, 0.717) is 37.6 Å². The van der Waals surface area contributed by atoms with Gasteiger partial charge >= 0.3 is 0 Å². The number of aryl methyl sites for hydroxylation is 1. The van der Waals surface area contributed by atoms with Crippen LogP contribution in [-0.2, 0) is 26.0 Å². The summed E-state index contributed by atoms with van der Waals surface area (Å²) < 4.78 is 39.2. The Bertz CT molecular complexity index is 941. The zero-order chi connectivity index (χ0) is 20.9. The molecular formula is C21H26N2O5S. The minimum absolute atomic E-state index is 0.101. The van der Waals surface area contributed by atoms with Crippen LogP contribution in [0.25, 0.3) is 0 Å². The summed E-state index contributed by atoms with van der Waals surface area (Å²) in [5.41, 5.74) is 1.59. The van der Waals surface area contributed by atoms with Gasteiger partial charge in [-0.3, -0.25) is 4.79 Å². The van der Waals surface area contributed by atoms with E-state index in [1.54, 1.807) is 24.0 Å². The van der Waals surface area contributed by atoms with Crippen molar-refractivity contribution in [2.45, 2.75) is 24.3 Å². The van der Waals surface area contributed by atoms with Crippen LogP contribution in [0, 0.1) is 6.92 Å². The average molecular weight is 419 g/mol. The Balaban J connectivity index is 1.86. The first-order valence-electron chi connectivity index (χ1n) is 9.48. The zero-order valence-corrected chi connectivity index (χ0v) is 17.4. The predicted octanol–water partition coefficient (Wildman–Crippen LogP) is 1.75. The molecule has 1 unspecified atom stereocenters. The van der Waals surface area contributed by atoms with Gasteiger partial charge in [0.2, 0.25) is 15.9 Å². The number of sulfonamides is 1. The molecule has 0 aliphatic carbocycles. The Morgan fingerprint density at radius 2 is 1.86 bits per heavy atom. The molecule has 1 amide bonds. The lowest BCUT2D eigenvalue weighted by molar-refractivity contribution is -0.137. The minimum Gasteiger partial charge on any atom is -0.496 e. The summed E-state index contributed by atoms with van der Waals surface area (Å²) >= 11 is 0. The van der Waals surface area contributed by atoms with E-state index in [-0.39, 0.29) is 17.2 Å². The van der Waals surface area contributed by atoms with E-state index < -0.39 is 16.1 Å². The summed E-state index contributed by atoms with van der Waals surface area (Å²) in [6.07, 6.45) is 0.269. The lowest BCUT2D eigenvalue weighted by atomic mass is 10.1. The maximum Gasteiger partial charge on any atom is 0.241 e. The molecule has 1 heterocycles. The molecule has 0 saturated carbocycles. The number of ether oxygens (including phenoxy) is 2. The van der Waals surface area contributed by atoms with E-state index in [9.17, 15) is 13.2 Å². The number of benzene rings is 2. The van der Waals surface area contributed by atoms with Crippen LogP contribution in [0.2, 0.25) is 0 Å².